The van der Waals surface area contributed by atoms with Crippen molar-refractivity contribution in [2.24, 2.45) is 10.9 Å². The molecule has 54 heavy (non-hydrogen) atoms. The van der Waals surface area contributed by atoms with Crippen LogP contribution in [0.15, 0.2) is 59.9 Å². The van der Waals surface area contributed by atoms with E-state index in [-0.39, 0.29) is 30.4 Å². The molecule has 14 nitrogen and oxygen atoms in total. The molecule has 1 unspecified atom stereocenters. The fourth-order valence-electron chi connectivity index (χ4n) is 7.26. The van der Waals surface area contributed by atoms with Crippen molar-refractivity contribution in [2.75, 3.05) is 26.0 Å². The van der Waals surface area contributed by atoms with Gasteiger partial charge in [-0.3, -0.25) is 14.3 Å². The molecule has 0 radical (unpaired) electrons. The first-order valence-electron chi connectivity index (χ1n) is 18.5. The van der Waals surface area contributed by atoms with Crippen molar-refractivity contribution in [3.8, 4) is 5.75 Å². The van der Waals surface area contributed by atoms with Crippen LogP contribution >= 0.6 is 7.75 Å². The molecule has 0 saturated carbocycles. The van der Waals surface area contributed by atoms with Crippen LogP contribution in [0, 0.1) is 5.92 Å². The van der Waals surface area contributed by atoms with Crippen LogP contribution in [0.4, 0.5) is 5.82 Å². The average molecular weight is 765 g/mol. The fraction of sp³-hybridized carbons (Fsp3) is 0.538. The minimum absolute atomic E-state index is 0.172. The number of aliphatic imine (C=N–C) groups is 1. The number of hydrogen-bond donors (Lipinski definition) is 2. The Hall–Kier alpha value is -3.91. The van der Waals surface area contributed by atoms with E-state index in [1.807, 2.05) is 64.1 Å². The van der Waals surface area contributed by atoms with Crippen molar-refractivity contribution >= 4 is 42.0 Å². The van der Waals surface area contributed by atoms with Gasteiger partial charge < -0.3 is 29.2 Å². The maximum atomic E-state index is 15.0. The van der Waals surface area contributed by atoms with Crippen molar-refractivity contribution in [2.45, 2.75) is 109 Å². The molecule has 6 rings (SSSR count). The third-order valence-corrected chi connectivity index (χ3v) is 11.7. The summed E-state index contributed by atoms with van der Waals surface area (Å²) in [5.41, 5.74) is 6.94. The second kappa shape index (κ2) is 15.3. The Balaban J connectivity index is 1.35. The average Bonchev–Trinajstić information content (AvgIpc) is 3.78. The van der Waals surface area contributed by atoms with Gasteiger partial charge in [-0.25, -0.2) is 14.1 Å². The molecule has 2 aliphatic heterocycles. The quantitative estimate of drug-likeness (QED) is 0.0789. The molecule has 4 heterocycles. The Morgan fingerprint density at radius 1 is 1.09 bits per heavy atom. The predicted molar refractivity (Wildman–Crippen MR) is 207 cm³/mol. The van der Waals surface area contributed by atoms with Crippen molar-refractivity contribution < 1.29 is 37.4 Å². The Morgan fingerprint density at radius 2 is 1.81 bits per heavy atom. The largest absolute Gasteiger partial charge is 0.464 e. The monoisotopic (exact) mass is 764 g/mol. The van der Waals surface area contributed by atoms with Crippen molar-refractivity contribution in [3.05, 3.63) is 66.1 Å². The summed E-state index contributed by atoms with van der Waals surface area (Å²) in [5.74, 6) is -0.759. The lowest BCUT2D eigenvalue weighted by Gasteiger charge is -2.32. The third-order valence-electron chi connectivity index (χ3n) is 10.1. The number of rotatable bonds is 14. The Bertz CT molecular complexity index is 2060. The number of nitrogens with two attached hydrogens (primary N) is 1. The highest BCUT2D eigenvalue weighted by Crippen LogP contribution is 2.52. The highest BCUT2D eigenvalue weighted by molar-refractivity contribution is 7.52. The van der Waals surface area contributed by atoms with Crippen LogP contribution in [0.25, 0.3) is 16.3 Å². The van der Waals surface area contributed by atoms with Gasteiger partial charge in [0.05, 0.1) is 18.9 Å². The number of nitrogen functional groups attached to an aromatic ring is 1. The number of hydrogen-bond acceptors (Lipinski definition) is 12. The van der Waals surface area contributed by atoms with Gasteiger partial charge in [0.2, 0.25) is 0 Å². The first-order valence-corrected chi connectivity index (χ1v) is 20.0. The van der Waals surface area contributed by atoms with E-state index < -0.39 is 49.5 Å². The van der Waals surface area contributed by atoms with E-state index >= 15 is 4.57 Å². The Labute approximate surface area is 316 Å². The maximum Gasteiger partial charge on any atom is 0.459 e. The smallest absolute Gasteiger partial charge is 0.459 e. The van der Waals surface area contributed by atoms with Crippen LogP contribution in [0.2, 0.25) is 0 Å². The normalized spacial score (nSPS) is 24.3. The van der Waals surface area contributed by atoms with E-state index in [1.165, 1.54) is 6.33 Å². The second-order valence-corrected chi connectivity index (χ2v) is 17.2. The molecule has 0 spiro atoms. The molecule has 2 aliphatic rings. The number of fused-ring (bicyclic) bond motifs is 3. The number of carbonyl (C=O) groups excluding carboxylic acids is 1. The number of nitrogens with one attached hydrogen (secondary N) is 1. The molecular weight excluding hydrogens is 711 g/mol. The highest BCUT2D eigenvalue weighted by Gasteiger charge is 2.64. The van der Waals surface area contributed by atoms with Crippen molar-refractivity contribution in [3.63, 3.8) is 0 Å². The van der Waals surface area contributed by atoms with Gasteiger partial charge in [0.1, 0.15) is 41.9 Å². The summed E-state index contributed by atoms with van der Waals surface area (Å²) < 4.78 is 54.6. The second-order valence-electron chi connectivity index (χ2n) is 15.5. The van der Waals surface area contributed by atoms with Gasteiger partial charge in [-0.2, -0.15) is 10.2 Å². The number of nitrogens with zero attached hydrogens (tertiary/aromatic N) is 4. The number of ether oxygens (including phenoxy) is 4. The topological polar surface area (TPSA) is 170 Å². The lowest BCUT2D eigenvalue weighted by Crippen LogP contribution is -2.43. The van der Waals surface area contributed by atoms with Crippen LogP contribution in [0.5, 0.6) is 5.75 Å². The minimum atomic E-state index is -4.36. The molecule has 292 valence electrons. The molecule has 0 aliphatic carbocycles. The van der Waals surface area contributed by atoms with Crippen molar-refractivity contribution in [1.82, 2.24) is 19.7 Å². The maximum absolute atomic E-state index is 15.0. The van der Waals surface area contributed by atoms with Gasteiger partial charge in [0.25, 0.3) is 0 Å². The molecule has 15 heteroatoms. The van der Waals surface area contributed by atoms with E-state index in [9.17, 15) is 4.79 Å². The molecule has 3 N–H and O–H groups in total. The van der Waals surface area contributed by atoms with Gasteiger partial charge >= 0.3 is 13.7 Å². The van der Waals surface area contributed by atoms with Gasteiger partial charge in [-0.05, 0) is 61.3 Å². The first kappa shape index (κ1) is 39.8. The number of esters is 1. The summed E-state index contributed by atoms with van der Waals surface area (Å²) in [4.78, 5) is 21.8. The number of aromatic nitrogens is 3. The van der Waals surface area contributed by atoms with Crippen LogP contribution in [0.1, 0.15) is 79.5 Å². The molecule has 4 aromatic rings. The van der Waals surface area contributed by atoms with Gasteiger partial charge in [0.15, 0.2) is 17.2 Å². The minimum Gasteiger partial charge on any atom is -0.464 e. The molecule has 0 bridgehead atoms. The van der Waals surface area contributed by atoms with E-state index in [4.69, 9.17) is 33.7 Å². The molecule has 2 fully saturated rings. The molecule has 2 aromatic carbocycles. The molecule has 2 aromatic heterocycles. The SMILES string of the molecule is CCC(CC)COC(=O)[C@H](C)NP(=O)(OC[C@H]1O[C@@](C=NC)(c2ccc3c(N)ncnn23)[C@@H]2OC(C)(C)O[C@@H]21)Oc1ccc(C(C)(C)C)c2ccccc12. The van der Waals surface area contributed by atoms with Crippen LogP contribution in [-0.2, 0) is 43.8 Å². The summed E-state index contributed by atoms with van der Waals surface area (Å²) in [6.07, 6.45) is 2.46. The summed E-state index contributed by atoms with van der Waals surface area (Å²) in [5, 5.41) is 9.00. The van der Waals surface area contributed by atoms with Gasteiger partial charge in [0, 0.05) is 18.6 Å². The van der Waals surface area contributed by atoms with Crippen LogP contribution in [0.3, 0.4) is 0 Å². The van der Waals surface area contributed by atoms with Crippen LogP contribution < -0.4 is 15.3 Å². The zero-order chi connectivity index (χ0) is 39.1. The van der Waals surface area contributed by atoms with E-state index in [0.717, 1.165) is 29.2 Å². The number of anilines is 1. The summed E-state index contributed by atoms with van der Waals surface area (Å²) >= 11 is 0. The lowest BCUT2D eigenvalue weighted by atomic mass is 9.83. The third kappa shape index (κ3) is 7.78. The zero-order valence-corrected chi connectivity index (χ0v) is 33.5. The molecular formula is C39H53N6O8P. The van der Waals surface area contributed by atoms with E-state index in [2.05, 4.69) is 40.9 Å². The molecule has 6 atom stereocenters. The van der Waals surface area contributed by atoms with Gasteiger partial charge in [-0.1, -0.05) is 77.8 Å². The zero-order valence-electron chi connectivity index (χ0n) is 32.6. The Kier molecular flexibility index (Phi) is 11.3. The van der Waals surface area contributed by atoms with Crippen molar-refractivity contribution in [1.29, 1.82) is 0 Å². The summed E-state index contributed by atoms with van der Waals surface area (Å²) in [6, 6.07) is 14.1. The highest BCUT2D eigenvalue weighted by atomic mass is 31.2. The lowest BCUT2D eigenvalue weighted by molar-refractivity contribution is -0.200. The standard InChI is InChI=1S/C39H53N6O8P/c1-10-25(11-2)20-48-36(46)24(3)44-54(47,53-30-18-16-28(37(4,5)6)26-14-12-13-15-27(26)30)49-21-31-33-34(52-38(7,8)51-33)39(50-31,22-41-9)32-19-17-29-35(40)42-23-43-45(29)32/h12-19,22-25,31,33-34H,10-11,20-21H2,1-9H3,(H,44,47)(H2,40,42,43)/t24-,31+,33+,34+,39-,54?/m0/s1. The first-order chi connectivity index (χ1) is 25.5. The fourth-order valence-corrected chi connectivity index (χ4v) is 8.78. The number of benzene rings is 2. The predicted octanol–water partition coefficient (Wildman–Crippen LogP) is 6.74. The Morgan fingerprint density at radius 3 is 2.50 bits per heavy atom. The molecule has 0 amide bonds. The van der Waals surface area contributed by atoms with Crippen LogP contribution in [-0.4, -0.2) is 77.2 Å². The summed E-state index contributed by atoms with van der Waals surface area (Å²) in [7, 11) is -2.73. The molecule has 2 saturated heterocycles. The summed E-state index contributed by atoms with van der Waals surface area (Å²) in [6.45, 7) is 15.7. The van der Waals surface area contributed by atoms with E-state index in [1.54, 1.807) is 36.8 Å². The van der Waals surface area contributed by atoms with E-state index in [0.29, 0.717) is 17.0 Å². The number of carbonyl (C=O) groups is 1. The van der Waals surface area contributed by atoms with Gasteiger partial charge in [-0.15, -0.1) is 0 Å².